The number of amides is 1. The minimum atomic E-state index is -0.889. The molecule has 1 N–H and O–H groups in total. The molecule has 22 heavy (non-hydrogen) atoms. The smallest absolute Gasteiger partial charge is 0.220 e. The molecular weight excluding hydrogens is 280 g/mol. The second-order valence-electron chi connectivity index (χ2n) is 6.48. The fraction of sp³-hybridized carbons (Fsp3) is 0.529. The number of carbonyl (C=O) groups is 1. The lowest BCUT2D eigenvalue weighted by atomic mass is 9.84. The maximum Gasteiger partial charge on any atom is 0.220 e. The minimum Gasteiger partial charge on any atom is -0.485 e. The number of benzene rings is 1. The summed E-state index contributed by atoms with van der Waals surface area (Å²) in [7, 11) is 0. The average molecular weight is 302 g/mol. The molecule has 1 aliphatic heterocycles. The van der Waals surface area contributed by atoms with Crippen molar-refractivity contribution in [3.8, 4) is 11.8 Å². The molecule has 0 spiro atoms. The van der Waals surface area contributed by atoms with Gasteiger partial charge in [-0.05, 0) is 45.9 Å². The number of aliphatic hydroxyl groups is 1. The standard InChI is InChI=1S/C17H22N2O3/c1-10(2)19(11(3)20)15-13-8-12(9-18)6-7-14(13)22-17(4,5)16(15)21/h6-8,10,15-16,21H,1-5H3/t15?,16-/m0/s1. The first-order valence-electron chi connectivity index (χ1n) is 7.39. The summed E-state index contributed by atoms with van der Waals surface area (Å²) in [6, 6.07) is 6.57. The maximum absolute atomic E-state index is 12.1. The van der Waals surface area contributed by atoms with Gasteiger partial charge in [0.2, 0.25) is 5.91 Å². The Hall–Kier alpha value is -2.06. The number of hydrogen-bond donors (Lipinski definition) is 1. The van der Waals surface area contributed by atoms with Crippen LogP contribution >= 0.6 is 0 Å². The van der Waals surface area contributed by atoms with Crippen LogP contribution in [0.4, 0.5) is 0 Å². The third-order valence-corrected chi connectivity index (χ3v) is 4.06. The fourth-order valence-corrected chi connectivity index (χ4v) is 3.02. The zero-order chi connectivity index (χ0) is 16.7. The number of fused-ring (bicyclic) bond motifs is 1. The highest BCUT2D eigenvalue weighted by Crippen LogP contribution is 2.43. The highest BCUT2D eigenvalue weighted by molar-refractivity contribution is 5.74. The lowest BCUT2D eigenvalue weighted by Gasteiger charge is -2.47. The van der Waals surface area contributed by atoms with E-state index in [1.54, 1.807) is 36.9 Å². The Morgan fingerprint density at radius 1 is 1.45 bits per heavy atom. The van der Waals surface area contributed by atoms with Crippen LogP contribution in [-0.2, 0) is 4.79 Å². The van der Waals surface area contributed by atoms with Crippen molar-refractivity contribution in [3.63, 3.8) is 0 Å². The van der Waals surface area contributed by atoms with Crippen LogP contribution < -0.4 is 4.74 Å². The monoisotopic (exact) mass is 302 g/mol. The van der Waals surface area contributed by atoms with E-state index in [0.717, 1.165) is 0 Å². The van der Waals surface area contributed by atoms with Gasteiger partial charge in [0.25, 0.3) is 0 Å². The van der Waals surface area contributed by atoms with Gasteiger partial charge in [0, 0.05) is 18.5 Å². The lowest BCUT2D eigenvalue weighted by molar-refractivity contribution is -0.145. The van der Waals surface area contributed by atoms with Crippen LogP contribution in [-0.4, -0.2) is 33.7 Å². The van der Waals surface area contributed by atoms with Gasteiger partial charge in [-0.15, -0.1) is 0 Å². The van der Waals surface area contributed by atoms with Gasteiger partial charge in [0.05, 0.1) is 17.7 Å². The normalized spacial score (nSPS) is 22.5. The van der Waals surface area contributed by atoms with Crippen LogP contribution in [0.1, 0.15) is 51.8 Å². The highest BCUT2D eigenvalue weighted by Gasteiger charge is 2.46. The van der Waals surface area contributed by atoms with E-state index >= 15 is 0 Å². The van der Waals surface area contributed by atoms with Gasteiger partial charge >= 0.3 is 0 Å². The zero-order valence-corrected chi connectivity index (χ0v) is 13.6. The Bertz CT molecular complexity index is 631. The largest absolute Gasteiger partial charge is 0.485 e. The van der Waals surface area contributed by atoms with Crippen molar-refractivity contribution in [1.29, 1.82) is 5.26 Å². The summed E-state index contributed by atoms with van der Waals surface area (Å²) in [6.07, 6.45) is -0.889. The molecule has 2 atom stereocenters. The molecule has 0 aliphatic carbocycles. The predicted octanol–water partition coefficient (Wildman–Crippen LogP) is 2.39. The first-order chi connectivity index (χ1) is 10.2. The van der Waals surface area contributed by atoms with Crippen LogP contribution in [0.25, 0.3) is 0 Å². The van der Waals surface area contributed by atoms with E-state index < -0.39 is 17.7 Å². The third kappa shape index (κ3) is 2.67. The van der Waals surface area contributed by atoms with Gasteiger partial charge in [0.1, 0.15) is 17.5 Å². The number of nitriles is 1. The molecule has 0 bridgehead atoms. The van der Waals surface area contributed by atoms with Crippen LogP contribution in [0.5, 0.6) is 5.75 Å². The number of aliphatic hydroxyl groups excluding tert-OH is 1. The van der Waals surface area contributed by atoms with Crippen molar-refractivity contribution in [2.45, 2.75) is 58.4 Å². The summed E-state index contributed by atoms with van der Waals surface area (Å²) in [5.41, 5.74) is 0.329. The molecule has 1 unspecified atom stereocenters. The molecule has 1 heterocycles. The van der Waals surface area contributed by atoms with Crippen molar-refractivity contribution in [1.82, 2.24) is 4.90 Å². The number of nitrogens with zero attached hydrogens (tertiary/aromatic N) is 2. The molecule has 5 nitrogen and oxygen atoms in total. The molecule has 1 aliphatic rings. The van der Waals surface area contributed by atoms with Gasteiger partial charge in [-0.3, -0.25) is 4.79 Å². The Kier molecular flexibility index (Phi) is 4.17. The first-order valence-corrected chi connectivity index (χ1v) is 7.39. The van der Waals surface area contributed by atoms with Crippen molar-refractivity contribution in [3.05, 3.63) is 29.3 Å². The summed E-state index contributed by atoms with van der Waals surface area (Å²) >= 11 is 0. The molecule has 1 aromatic carbocycles. The van der Waals surface area contributed by atoms with Crippen molar-refractivity contribution in [2.24, 2.45) is 0 Å². The quantitative estimate of drug-likeness (QED) is 0.910. The molecule has 5 heteroatoms. The van der Waals surface area contributed by atoms with Crippen molar-refractivity contribution < 1.29 is 14.6 Å². The second kappa shape index (κ2) is 5.62. The average Bonchev–Trinajstić information content (AvgIpc) is 2.42. The lowest BCUT2D eigenvalue weighted by Crippen LogP contribution is -2.55. The fourth-order valence-electron chi connectivity index (χ4n) is 3.02. The van der Waals surface area contributed by atoms with E-state index in [4.69, 9.17) is 10.00 Å². The van der Waals surface area contributed by atoms with Gasteiger partial charge in [-0.25, -0.2) is 0 Å². The van der Waals surface area contributed by atoms with E-state index in [1.165, 1.54) is 6.92 Å². The molecular formula is C17H22N2O3. The topological polar surface area (TPSA) is 73.6 Å². The first kappa shape index (κ1) is 16.3. The molecule has 0 saturated heterocycles. The van der Waals surface area contributed by atoms with Crippen LogP contribution in [0.2, 0.25) is 0 Å². The predicted molar refractivity (Wildman–Crippen MR) is 82.3 cm³/mol. The Morgan fingerprint density at radius 3 is 2.59 bits per heavy atom. The number of hydrogen-bond acceptors (Lipinski definition) is 4. The third-order valence-electron chi connectivity index (χ3n) is 4.06. The van der Waals surface area contributed by atoms with E-state index in [9.17, 15) is 9.90 Å². The molecule has 0 fully saturated rings. The van der Waals surface area contributed by atoms with Gasteiger partial charge in [-0.2, -0.15) is 5.26 Å². The van der Waals surface area contributed by atoms with Crippen molar-refractivity contribution in [2.75, 3.05) is 0 Å². The molecule has 0 saturated carbocycles. The van der Waals surface area contributed by atoms with Crippen LogP contribution in [0.15, 0.2) is 18.2 Å². The van der Waals surface area contributed by atoms with Gasteiger partial charge < -0.3 is 14.7 Å². The molecule has 1 aromatic rings. The number of carbonyl (C=O) groups excluding carboxylic acids is 1. The number of ether oxygens (including phenoxy) is 1. The Balaban J connectivity index is 2.65. The summed E-state index contributed by atoms with van der Waals surface area (Å²) in [6.45, 7) is 8.90. The van der Waals surface area contributed by atoms with E-state index in [1.807, 2.05) is 13.8 Å². The zero-order valence-electron chi connectivity index (χ0n) is 13.6. The maximum atomic E-state index is 12.1. The summed E-state index contributed by atoms with van der Waals surface area (Å²) in [5, 5.41) is 19.9. The van der Waals surface area contributed by atoms with Gasteiger partial charge in [0.15, 0.2) is 0 Å². The van der Waals surface area contributed by atoms with E-state index in [2.05, 4.69) is 6.07 Å². The molecule has 0 aromatic heterocycles. The summed E-state index contributed by atoms with van der Waals surface area (Å²) in [4.78, 5) is 13.8. The van der Waals surface area contributed by atoms with E-state index in [0.29, 0.717) is 16.9 Å². The minimum absolute atomic E-state index is 0.0790. The molecule has 2 rings (SSSR count). The van der Waals surface area contributed by atoms with Crippen LogP contribution in [0, 0.1) is 11.3 Å². The molecule has 118 valence electrons. The summed E-state index contributed by atoms with van der Waals surface area (Å²) in [5.74, 6) is 0.483. The number of rotatable bonds is 2. The van der Waals surface area contributed by atoms with Crippen molar-refractivity contribution >= 4 is 5.91 Å². The van der Waals surface area contributed by atoms with Gasteiger partial charge in [-0.1, -0.05) is 0 Å². The molecule has 0 radical (unpaired) electrons. The Morgan fingerprint density at radius 2 is 2.09 bits per heavy atom. The SMILES string of the molecule is CC(=O)N(C(C)C)C1c2cc(C#N)ccc2OC(C)(C)[C@H]1O. The summed E-state index contributed by atoms with van der Waals surface area (Å²) < 4.78 is 5.87. The Labute approximate surface area is 131 Å². The van der Waals surface area contributed by atoms with Crippen LogP contribution in [0.3, 0.4) is 0 Å². The van der Waals surface area contributed by atoms with E-state index in [-0.39, 0.29) is 11.9 Å². The highest BCUT2D eigenvalue weighted by atomic mass is 16.5. The second-order valence-corrected chi connectivity index (χ2v) is 6.48. The molecule has 1 amide bonds.